The Bertz CT molecular complexity index is 517. The first-order valence-electron chi connectivity index (χ1n) is 4.53. The third-order valence-corrected chi connectivity index (χ3v) is 2.05. The summed E-state index contributed by atoms with van der Waals surface area (Å²) in [6.07, 6.45) is -1.68. The normalized spacial score (nSPS) is 13.9. The van der Waals surface area contributed by atoms with E-state index in [1.807, 2.05) is 0 Å². The zero-order chi connectivity index (χ0) is 12.6. The Balaban J connectivity index is 2.26. The fourth-order valence-corrected chi connectivity index (χ4v) is 1.23. The molecule has 17 heavy (non-hydrogen) atoms. The van der Waals surface area contributed by atoms with E-state index in [1.54, 1.807) is 13.2 Å². The highest BCUT2D eigenvalue weighted by molar-refractivity contribution is 5.17. The molecule has 2 N–H and O–H groups in total. The van der Waals surface area contributed by atoms with Gasteiger partial charge in [0.2, 0.25) is 0 Å². The van der Waals surface area contributed by atoms with Crippen molar-refractivity contribution in [2.24, 2.45) is 12.8 Å². The SMILES string of the molecule is Cn1cc(C(N)c2noc(C(F)(F)F)n2)cn1. The standard InChI is InChI=1S/C8H8F3N5O/c1-16-3-4(2-13-16)5(12)6-14-7(17-15-6)8(9,10)11/h2-3,5H,12H2,1H3. The van der Waals surface area contributed by atoms with Crippen LogP contribution in [0.3, 0.4) is 0 Å². The van der Waals surface area contributed by atoms with Crippen molar-refractivity contribution in [2.45, 2.75) is 12.2 Å². The average Bonchev–Trinajstić information content (AvgIpc) is 2.83. The second-order valence-electron chi connectivity index (χ2n) is 3.38. The number of hydrogen-bond donors (Lipinski definition) is 1. The summed E-state index contributed by atoms with van der Waals surface area (Å²) in [5, 5.41) is 7.05. The van der Waals surface area contributed by atoms with Gasteiger partial charge in [0.15, 0.2) is 5.82 Å². The maximum absolute atomic E-state index is 12.2. The van der Waals surface area contributed by atoms with E-state index >= 15 is 0 Å². The van der Waals surface area contributed by atoms with Crippen molar-refractivity contribution in [3.63, 3.8) is 0 Å². The van der Waals surface area contributed by atoms with Crippen LogP contribution in [0.15, 0.2) is 16.9 Å². The lowest BCUT2D eigenvalue weighted by Crippen LogP contribution is -2.14. The molecule has 0 amide bonds. The number of alkyl halides is 3. The molecule has 0 aliphatic rings. The van der Waals surface area contributed by atoms with Gasteiger partial charge < -0.3 is 10.3 Å². The number of rotatable bonds is 2. The predicted octanol–water partition coefficient (Wildman–Crippen LogP) is 0.870. The Morgan fingerprint density at radius 3 is 2.65 bits per heavy atom. The van der Waals surface area contributed by atoms with Gasteiger partial charge in [-0.05, 0) is 0 Å². The number of hydrogen-bond acceptors (Lipinski definition) is 5. The fourth-order valence-electron chi connectivity index (χ4n) is 1.23. The Labute approximate surface area is 93.2 Å². The molecule has 0 bridgehead atoms. The maximum atomic E-state index is 12.2. The molecule has 1 unspecified atom stereocenters. The van der Waals surface area contributed by atoms with Crippen molar-refractivity contribution in [1.29, 1.82) is 0 Å². The van der Waals surface area contributed by atoms with E-state index in [4.69, 9.17) is 5.73 Å². The van der Waals surface area contributed by atoms with Gasteiger partial charge in [0.25, 0.3) is 0 Å². The van der Waals surface area contributed by atoms with E-state index in [1.165, 1.54) is 10.9 Å². The molecule has 2 aromatic heterocycles. The second-order valence-corrected chi connectivity index (χ2v) is 3.38. The number of aryl methyl sites for hydroxylation is 1. The largest absolute Gasteiger partial charge is 0.471 e. The molecule has 92 valence electrons. The van der Waals surface area contributed by atoms with E-state index in [0.29, 0.717) is 5.56 Å². The van der Waals surface area contributed by atoms with Gasteiger partial charge in [0.05, 0.1) is 12.2 Å². The molecule has 0 aromatic carbocycles. The molecule has 9 heteroatoms. The van der Waals surface area contributed by atoms with Crippen molar-refractivity contribution in [1.82, 2.24) is 19.9 Å². The molecule has 1 atom stereocenters. The van der Waals surface area contributed by atoms with E-state index in [9.17, 15) is 13.2 Å². The summed E-state index contributed by atoms with van der Waals surface area (Å²) in [5.41, 5.74) is 6.18. The van der Waals surface area contributed by atoms with Crippen LogP contribution in [0.1, 0.15) is 23.3 Å². The summed E-state index contributed by atoms with van der Waals surface area (Å²) in [4.78, 5) is 3.20. The molecule has 6 nitrogen and oxygen atoms in total. The molecular weight excluding hydrogens is 239 g/mol. The molecule has 2 heterocycles. The zero-order valence-electron chi connectivity index (χ0n) is 8.64. The number of nitrogens with two attached hydrogens (primary N) is 1. The topological polar surface area (TPSA) is 82.8 Å². The molecule has 0 saturated heterocycles. The summed E-state index contributed by atoms with van der Waals surface area (Å²) in [7, 11) is 1.66. The Kier molecular flexibility index (Phi) is 2.62. The van der Waals surface area contributed by atoms with Crippen molar-refractivity contribution in [3.05, 3.63) is 29.7 Å². The predicted molar refractivity (Wildman–Crippen MR) is 48.5 cm³/mol. The van der Waals surface area contributed by atoms with Crippen LogP contribution < -0.4 is 5.73 Å². The molecule has 0 radical (unpaired) electrons. The summed E-state index contributed by atoms with van der Waals surface area (Å²) in [6.45, 7) is 0. The van der Waals surface area contributed by atoms with Crippen LogP contribution in [0, 0.1) is 0 Å². The first kappa shape index (κ1) is 11.6. The fraction of sp³-hybridized carbons (Fsp3) is 0.375. The van der Waals surface area contributed by atoms with Crippen LogP contribution in [0.5, 0.6) is 0 Å². The lowest BCUT2D eigenvalue weighted by atomic mass is 10.2. The number of halogens is 3. The minimum Gasteiger partial charge on any atom is -0.329 e. The van der Waals surface area contributed by atoms with Crippen LogP contribution in [0.4, 0.5) is 13.2 Å². The van der Waals surface area contributed by atoms with Crippen molar-refractivity contribution < 1.29 is 17.7 Å². The molecule has 2 aromatic rings. The van der Waals surface area contributed by atoms with E-state index < -0.39 is 18.1 Å². The maximum Gasteiger partial charge on any atom is 0.471 e. The average molecular weight is 247 g/mol. The van der Waals surface area contributed by atoms with Crippen LogP contribution >= 0.6 is 0 Å². The monoisotopic (exact) mass is 247 g/mol. The molecule has 0 aliphatic carbocycles. The smallest absolute Gasteiger partial charge is 0.329 e. The third kappa shape index (κ3) is 2.28. The lowest BCUT2D eigenvalue weighted by Gasteiger charge is -2.02. The summed E-state index contributed by atoms with van der Waals surface area (Å²) >= 11 is 0. The van der Waals surface area contributed by atoms with Gasteiger partial charge in [0, 0.05) is 18.8 Å². The highest BCUT2D eigenvalue weighted by Gasteiger charge is 2.39. The molecule has 0 fully saturated rings. The van der Waals surface area contributed by atoms with Crippen molar-refractivity contribution >= 4 is 0 Å². The first-order chi connectivity index (χ1) is 7.88. The lowest BCUT2D eigenvalue weighted by molar-refractivity contribution is -0.159. The van der Waals surface area contributed by atoms with Gasteiger partial charge in [-0.3, -0.25) is 4.68 Å². The van der Waals surface area contributed by atoms with Gasteiger partial charge >= 0.3 is 12.1 Å². The van der Waals surface area contributed by atoms with Gasteiger partial charge in [-0.25, -0.2) is 0 Å². The van der Waals surface area contributed by atoms with E-state index in [-0.39, 0.29) is 5.82 Å². The Morgan fingerprint density at radius 1 is 1.47 bits per heavy atom. The van der Waals surface area contributed by atoms with Gasteiger partial charge in [0.1, 0.15) is 0 Å². The molecule has 2 rings (SSSR count). The minimum absolute atomic E-state index is 0.231. The summed E-state index contributed by atoms with van der Waals surface area (Å²) in [5.74, 6) is -1.64. The van der Waals surface area contributed by atoms with Crippen molar-refractivity contribution in [2.75, 3.05) is 0 Å². The minimum atomic E-state index is -4.67. The number of nitrogens with zero attached hydrogens (tertiary/aromatic N) is 4. The zero-order valence-corrected chi connectivity index (χ0v) is 8.64. The van der Waals surface area contributed by atoms with Crippen LogP contribution in [-0.4, -0.2) is 19.9 Å². The third-order valence-electron chi connectivity index (χ3n) is 2.05. The quantitative estimate of drug-likeness (QED) is 0.851. The Hall–Kier alpha value is -1.90. The second kappa shape index (κ2) is 3.84. The van der Waals surface area contributed by atoms with Crippen LogP contribution in [-0.2, 0) is 13.2 Å². The molecule has 0 spiro atoms. The van der Waals surface area contributed by atoms with Gasteiger partial charge in [-0.2, -0.15) is 23.3 Å². The highest BCUT2D eigenvalue weighted by Crippen LogP contribution is 2.28. The van der Waals surface area contributed by atoms with Crippen LogP contribution in [0.25, 0.3) is 0 Å². The van der Waals surface area contributed by atoms with Gasteiger partial charge in [-0.15, -0.1) is 0 Å². The van der Waals surface area contributed by atoms with E-state index in [2.05, 4.69) is 19.8 Å². The summed E-state index contributed by atoms with van der Waals surface area (Å²) in [6, 6.07) is -0.899. The van der Waals surface area contributed by atoms with E-state index in [0.717, 1.165) is 0 Å². The summed E-state index contributed by atoms with van der Waals surface area (Å²) < 4.78 is 42.2. The number of aromatic nitrogens is 4. The first-order valence-corrected chi connectivity index (χ1v) is 4.53. The molecule has 0 saturated carbocycles. The van der Waals surface area contributed by atoms with Gasteiger partial charge in [-0.1, -0.05) is 5.16 Å². The van der Waals surface area contributed by atoms with Crippen LogP contribution in [0.2, 0.25) is 0 Å². The molecule has 0 aliphatic heterocycles. The molecular formula is C8H8F3N5O. The van der Waals surface area contributed by atoms with Crippen molar-refractivity contribution in [3.8, 4) is 0 Å². The Morgan fingerprint density at radius 2 is 2.18 bits per heavy atom. The highest BCUT2D eigenvalue weighted by atomic mass is 19.4.